The molecule has 0 bridgehead atoms. The zero-order valence-electron chi connectivity index (χ0n) is 21.6. The molecular weight excluding hydrogens is 486 g/mol. The summed E-state index contributed by atoms with van der Waals surface area (Å²) < 4.78 is 19.3. The standard InChI is InChI=1S/C29H33N3O6/c1-18(19-5-6-19)37-29(33)30-21-9-7-20(8-10-21)27-28(32(34)35)25-12-11-24(38-23-13-15-36-16-14-23)17-26(25)31(27)22-3-2-4-22/h7-12,17-19,22-23H,2-6,13-16H2,1H3,(H,30,33). The number of nitrogens with one attached hydrogen (secondary N) is 1. The number of hydrogen-bond acceptors (Lipinski definition) is 6. The molecule has 2 aliphatic carbocycles. The highest BCUT2D eigenvalue weighted by Crippen LogP contribution is 2.47. The van der Waals surface area contributed by atoms with Gasteiger partial charge in [0.15, 0.2) is 0 Å². The van der Waals surface area contributed by atoms with E-state index in [1.165, 1.54) is 0 Å². The normalized spacial score (nSPS) is 19.1. The second-order valence-corrected chi connectivity index (χ2v) is 10.7. The minimum atomic E-state index is -0.483. The average molecular weight is 520 g/mol. The predicted molar refractivity (Wildman–Crippen MR) is 144 cm³/mol. The van der Waals surface area contributed by atoms with E-state index in [0.29, 0.717) is 35.9 Å². The molecule has 3 aliphatic rings. The first kappa shape index (κ1) is 24.7. The largest absolute Gasteiger partial charge is 0.490 e. The summed E-state index contributed by atoms with van der Waals surface area (Å²) in [4.78, 5) is 24.4. The molecule has 200 valence electrons. The molecule has 6 rings (SSSR count). The van der Waals surface area contributed by atoms with Crippen molar-refractivity contribution in [2.24, 2.45) is 5.92 Å². The fourth-order valence-electron chi connectivity index (χ4n) is 5.51. The van der Waals surface area contributed by atoms with E-state index in [4.69, 9.17) is 14.2 Å². The zero-order valence-corrected chi connectivity index (χ0v) is 21.6. The zero-order chi connectivity index (χ0) is 26.2. The first-order valence-corrected chi connectivity index (χ1v) is 13.6. The van der Waals surface area contributed by atoms with E-state index < -0.39 is 6.09 Å². The molecule has 38 heavy (non-hydrogen) atoms. The summed E-state index contributed by atoms with van der Waals surface area (Å²) in [5, 5.41) is 15.8. The quantitative estimate of drug-likeness (QED) is 0.258. The molecular formula is C29H33N3O6. The van der Waals surface area contributed by atoms with Crippen molar-refractivity contribution >= 4 is 28.4 Å². The van der Waals surface area contributed by atoms with Gasteiger partial charge in [0, 0.05) is 36.2 Å². The van der Waals surface area contributed by atoms with Gasteiger partial charge in [0.2, 0.25) is 0 Å². The fraction of sp³-hybridized carbons (Fsp3) is 0.483. The molecule has 1 saturated heterocycles. The molecule has 2 aromatic carbocycles. The van der Waals surface area contributed by atoms with Crippen molar-refractivity contribution in [1.29, 1.82) is 0 Å². The third kappa shape index (κ3) is 4.95. The highest BCUT2D eigenvalue weighted by atomic mass is 16.6. The van der Waals surface area contributed by atoms with Crippen molar-refractivity contribution in [3.63, 3.8) is 0 Å². The van der Waals surface area contributed by atoms with Crippen LogP contribution in [0.4, 0.5) is 16.2 Å². The Morgan fingerprint density at radius 2 is 1.82 bits per heavy atom. The van der Waals surface area contributed by atoms with Gasteiger partial charge in [-0.05, 0) is 69.2 Å². The molecule has 9 heteroatoms. The molecule has 3 aromatic rings. The number of ether oxygens (including phenoxy) is 3. The smallest absolute Gasteiger partial charge is 0.411 e. The molecule has 0 spiro atoms. The van der Waals surface area contributed by atoms with Gasteiger partial charge in [-0.15, -0.1) is 0 Å². The van der Waals surface area contributed by atoms with E-state index in [9.17, 15) is 14.9 Å². The molecule has 9 nitrogen and oxygen atoms in total. The van der Waals surface area contributed by atoms with Gasteiger partial charge in [0.1, 0.15) is 23.7 Å². The average Bonchev–Trinajstić information content (AvgIpc) is 3.68. The summed E-state index contributed by atoms with van der Waals surface area (Å²) in [5.41, 5.74) is 2.83. The number of aromatic nitrogens is 1. The molecule has 3 fully saturated rings. The Labute approximate surface area is 221 Å². The van der Waals surface area contributed by atoms with Gasteiger partial charge < -0.3 is 18.8 Å². The second-order valence-electron chi connectivity index (χ2n) is 10.7. The lowest BCUT2D eigenvalue weighted by atomic mass is 9.92. The van der Waals surface area contributed by atoms with Gasteiger partial charge in [-0.1, -0.05) is 12.1 Å². The van der Waals surface area contributed by atoms with Crippen molar-refractivity contribution in [1.82, 2.24) is 4.57 Å². The van der Waals surface area contributed by atoms with Crippen LogP contribution in [0.25, 0.3) is 22.2 Å². The molecule has 1 atom stereocenters. The molecule has 2 saturated carbocycles. The van der Waals surface area contributed by atoms with Crippen LogP contribution in [0.1, 0.15) is 57.9 Å². The number of nitro groups is 1. The number of carbonyl (C=O) groups is 1. The number of carbonyl (C=O) groups excluding carboxylic acids is 1. The SMILES string of the molecule is CC(OC(=O)Nc1ccc(-c2c([N+](=O)[O-])c3ccc(OC4CCOCC4)cc3n2C2CCC2)cc1)C1CC1. The van der Waals surface area contributed by atoms with Crippen LogP contribution in [0, 0.1) is 16.0 Å². The summed E-state index contributed by atoms with van der Waals surface area (Å²) >= 11 is 0. The summed E-state index contributed by atoms with van der Waals surface area (Å²) in [6.45, 7) is 3.28. The lowest BCUT2D eigenvalue weighted by molar-refractivity contribution is -0.382. The number of amides is 1. The maximum Gasteiger partial charge on any atom is 0.411 e. The summed E-state index contributed by atoms with van der Waals surface area (Å²) in [7, 11) is 0. The fourth-order valence-corrected chi connectivity index (χ4v) is 5.51. The lowest BCUT2D eigenvalue weighted by Gasteiger charge is -2.30. The number of fused-ring (bicyclic) bond motifs is 1. The molecule has 1 unspecified atom stereocenters. The van der Waals surface area contributed by atoms with Crippen molar-refractivity contribution in [2.75, 3.05) is 18.5 Å². The Morgan fingerprint density at radius 3 is 2.45 bits per heavy atom. The number of nitrogens with zero attached hydrogens (tertiary/aromatic N) is 2. The second kappa shape index (κ2) is 10.3. The van der Waals surface area contributed by atoms with Crippen LogP contribution in [0.2, 0.25) is 0 Å². The third-order valence-electron chi connectivity index (χ3n) is 8.03. The van der Waals surface area contributed by atoms with E-state index in [-0.39, 0.29) is 28.9 Å². The Hall–Kier alpha value is -3.59. The Morgan fingerprint density at radius 1 is 1.08 bits per heavy atom. The number of rotatable bonds is 8. The lowest BCUT2D eigenvalue weighted by Crippen LogP contribution is -2.25. The molecule has 2 heterocycles. The van der Waals surface area contributed by atoms with Gasteiger partial charge in [-0.3, -0.25) is 15.4 Å². The Bertz CT molecular complexity index is 1340. The van der Waals surface area contributed by atoms with Crippen molar-refractivity contribution in [2.45, 2.75) is 70.1 Å². The molecule has 1 amide bonds. The van der Waals surface area contributed by atoms with Gasteiger partial charge in [-0.2, -0.15) is 0 Å². The number of hydrogen-bond donors (Lipinski definition) is 1. The topological polar surface area (TPSA) is 105 Å². The number of anilines is 1. The van der Waals surface area contributed by atoms with Gasteiger partial charge in [0.05, 0.1) is 29.0 Å². The van der Waals surface area contributed by atoms with E-state index in [2.05, 4.69) is 9.88 Å². The van der Waals surface area contributed by atoms with Gasteiger partial charge in [-0.25, -0.2) is 4.79 Å². The minimum absolute atomic E-state index is 0.0850. The summed E-state index contributed by atoms with van der Waals surface area (Å²) in [5.74, 6) is 1.18. The highest BCUT2D eigenvalue weighted by molar-refractivity contribution is 5.99. The summed E-state index contributed by atoms with van der Waals surface area (Å²) in [6, 6.07) is 13.0. The van der Waals surface area contributed by atoms with Crippen LogP contribution in [-0.4, -0.2) is 41.0 Å². The molecule has 0 radical (unpaired) electrons. The van der Waals surface area contributed by atoms with Crippen LogP contribution in [-0.2, 0) is 9.47 Å². The Balaban J connectivity index is 1.33. The number of benzene rings is 2. The maximum atomic E-state index is 12.4. The van der Waals surface area contributed by atoms with Gasteiger partial charge in [0.25, 0.3) is 0 Å². The first-order chi connectivity index (χ1) is 18.5. The van der Waals surface area contributed by atoms with Crippen LogP contribution >= 0.6 is 0 Å². The monoisotopic (exact) mass is 519 g/mol. The Kier molecular flexibility index (Phi) is 6.69. The molecule has 1 N–H and O–H groups in total. The van der Waals surface area contributed by atoms with Gasteiger partial charge >= 0.3 is 11.8 Å². The van der Waals surface area contributed by atoms with Crippen molar-refractivity contribution in [3.05, 3.63) is 52.6 Å². The first-order valence-electron chi connectivity index (χ1n) is 13.6. The molecule has 1 aliphatic heterocycles. The third-order valence-corrected chi connectivity index (χ3v) is 8.03. The van der Waals surface area contributed by atoms with E-state index in [0.717, 1.165) is 61.8 Å². The van der Waals surface area contributed by atoms with Crippen molar-refractivity contribution < 1.29 is 23.9 Å². The minimum Gasteiger partial charge on any atom is -0.490 e. The van der Waals surface area contributed by atoms with Crippen LogP contribution in [0.15, 0.2) is 42.5 Å². The maximum absolute atomic E-state index is 12.4. The van der Waals surface area contributed by atoms with Crippen molar-refractivity contribution in [3.8, 4) is 17.0 Å². The highest BCUT2D eigenvalue weighted by Gasteiger charge is 2.33. The summed E-state index contributed by atoms with van der Waals surface area (Å²) in [6.07, 6.45) is 6.41. The van der Waals surface area contributed by atoms with Crippen LogP contribution in [0.3, 0.4) is 0 Å². The molecule has 1 aromatic heterocycles. The van der Waals surface area contributed by atoms with E-state index >= 15 is 0 Å². The van der Waals surface area contributed by atoms with E-state index in [1.54, 1.807) is 12.1 Å². The van der Waals surface area contributed by atoms with Crippen LogP contribution < -0.4 is 10.1 Å². The van der Waals surface area contributed by atoms with E-state index in [1.807, 2.05) is 37.3 Å². The predicted octanol–water partition coefficient (Wildman–Crippen LogP) is 6.85. The van der Waals surface area contributed by atoms with Crippen LogP contribution in [0.5, 0.6) is 5.75 Å².